The maximum Gasteiger partial charge on any atom is 0.265 e. The van der Waals surface area contributed by atoms with Gasteiger partial charge in [0.05, 0.1) is 18.0 Å². The topological polar surface area (TPSA) is 104 Å². The van der Waals surface area contributed by atoms with E-state index in [-0.39, 0.29) is 41.7 Å². The van der Waals surface area contributed by atoms with Crippen LogP contribution in [0.25, 0.3) is 0 Å². The Morgan fingerprint density at radius 1 is 1.24 bits per heavy atom. The van der Waals surface area contributed by atoms with Crippen LogP contribution < -0.4 is 5.73 Å². The standard InChI is InChI=1S/C13H15N3O4S/c14-13-11-12(18)9-3-1-2-4-10(9)21(19,20)16(11)6-5-15(13)7-8-17/h1-4,17H,5-8,14H2. The van der Waals surface area contributed by atoms with Gasteiger partial charge in [-0.3, -0.25) is 9.10 Å². The minimum absolute atomic E-state index is 0.0159. The minimum Gasteiger partial charge on any atom is -0.395 e. The highest BCUT2D eigenvalue weighted by atomic mass is 32.2. The predicted molar refractivity (Wildman–Crippen MR) is 74.5 cm³/mol. The molecule has 0 atom stereocenters. The minimum atomic E-state index is -3.76. The summed E-state index contributed by atoms with van der Waals surface area (Å²) in [7, 11) is -3.76. The first-order chi connectivity index (χ1) is 9.98. The fraction of sp³-hybridized carbons (Fsp3) is 0.308. The van der Waals surface area contributed by atoms with Gasteiger partial charge in [-0.2, -0.15) is 0 Å². The number of carbonyl (C=O) groups excluding carboxylic acids is 1. The van der Waals surface area contributed by atoms with Crippen LogP contribution in [0.1, 0.15) is 10.4 Å². The highest BCUT2D eigenvalue weighted by molar-refractivity contribution is 7.89. The lowest BCUT2D eigenvalue weighted by Crippen LogP contribution is -2.51. The largest absolute Gasteiger partial charge is 0.395 e. The molecule has 112 valence electrons. The third-order valence-electron chi connectivity index (χ3n) is 3.69. The van der Waals surface area contributed by atoms with Gasteiger partial charge in [-0.05, 0) is 12.1 Å². The number of hydrogen-bond acceptors (Lipinski definition) is 6. The first kappa shape index (κ1) is 13.9. The molecule has 0 saturated carbocycles. The average Bonchev–Trinajstić information content (AvgIpc) is 2.47. The second-order valence-corrected chi connectivity index (χ2v) is 6.68. The normalized spacial score (nSPS) is 20.3. The molecule has 0 unspecified atom stereocenters. The zero-order valence-electron chi connectivity index (χ0n) is 11.2. The van der Waals surface area contributed by atoms with E-state index < -0.39 is 15.8 Å². The second kappa shape index (κ2) is 4.74. The number of hydrogen-bond donors (Lipinski definition) is 2. The molecular formula is C13H15N3O4S. The molecule has 7 nitrogen and oxygen atoms in total. The van der Waals surface area contributed by atoms with E-state index in [0.29, 0.717) is 6.54 Å². The number of fused-ring (bicyclic) bond motifs is 2. The molecule has 0 fully saturated rings. The molecule has 2 heterocycles. The predicted octanol–water partition coefficient (Wildman–Crippen LogP) is -0.691. The van der Waals surface area contributed by atoms with E-state index >= 15 is 0 Å². The molecule has 21 heavy (non-hydrogen) atoms. The van der Waals surface area contributed by atoms with Gasteiger partial charge in [-0.1, -0.05) is 12.1 Å². The Morgan fingerprint density at radius 3 is 2.67 bits per heavy atom. The van der Waals surface area contributed by atoms with Crippen LogP contribution in [0, 0.1) is 0 Å². The maximum atomic E-state index is 12.6. The molecule has 2 aliphatic heterocycles. The quantitative estimate of drug-likeness (QED) is 0.749. The van der Waals surface area contributed by atoms with Crippen molar-refractivity contribution in [2.75, 3.05) is 26.2 Å². The number of nitrogens with two attached hydrogens (primary N) is 1. The third-order valence-corrected chi connectivity index (χ3v) is 5.55. The van der Waals surface area contributed by atoms with Gasteiger partial charge in [0.25, 0.3) is 10.0 Å². The van der Waals surface area contributed by atoms with Gasteiger partial charge in [0.1, 0.15) is 11.5 Å². The molecule has 1 aromatic rings. The SMILES string of the molecule is NC1=C2C(=O)c3ccccc3S(=O)(=O)N2CCN1CCO. The van der Waals surface area contributed by atoms with E-state index in [1.54, 1.807) is 17.0 Å². The van der Waals surface area contributed by atoms with E-state index in [4.69, 9.17) is 10.8 Å². The van der Waals surface area contributed by atoms with Gasteiger partial charge in [-0.15, -0.1) is 0 Å². The Hall–Kier alpha value is -2.06. The van der Waals surface area contributed by atoms with Crippen molar-refractivity contribution in [3.8, 4) is 0 Å². The van der Waals surface area contributed by atoms with Gasteiger partial charge in [0, 0.05) is 18.7 Å². The van der Waals surface area contributed by atoms with E-state index in [2.05, 4.69) is 0 Å². The maximum absolute atomic E-state index is 12.6. The van der Waals surface area contributed by atoms with Crippen LogP contribution >= 0.6 is 0 Å². The van der Waals surface area contributed by atoms with Crippen LogP contribution in [-0.2, 0) is 10.0 Å². The summed E-state index contributed by atoms with van der Waals surface area (Å²) < 4.78 is 26.3. The summed E-state index contributed by atoms with van der Waals surface area (Å²) in [5.41, 5.74) is 6.07. The van der Waals surface area contributed by atoms with Crippen molar-refractivity contribution in [3.05, 3.63) is 41.3 Å². The van der Waals surface area contributed by atoms with Gasteiger partial charge in [0.2, 0.25) is 5.78 Å². The molecule has 0 aliphatic carbocycles. The number of sulfonamides is 1. The van der Waals surface area contributed by atoms with Crippen molar-refractivity contribution in [1.82, 2.24) is 9.21 Å². The summed E-state index contributed by atoms with van der Waals surface area (Å²) in [4.78, 5) is 14.2. The zero-order chi connectivity index (χ0) is 15.2. The molecule has 0 radical (unpaired) electrons. The molecular weight excluding hydrogens is 294 g/mol. The Balaban J connectivity index is 2.22. The number of nitrogens with zero attached hydrogens (tertiary/aromatic N) is 2. The Bertz CT molecular complexity index is 742. The average molecular weight is 309 g/mol. The molecule has 3 N–H and O–H groups in total. The van der Waals surface area contributed by atoms with Crippen LogP contribution in [0.5, 0.6) is 0 Å². The highest BCUT2D eigenvalue weighted by Gasteiger charge is 2.43. The third kappa shape index (κ3) is 1.90. The molecule has 0 amide bonds. The molecule has 3 rings (SSSR count). The number of ketones is 1. The summed E-state index contributed by atoms with van der Waals surface area (Å²) in [6, 6.07) is 6.12. The van der Waals surface area contributed by atoms with Crippen LogP contribution in [0.3, 0.4) is 0 Å². The molecule has 0 saturated heterocycles. The molecule has 0 bridgehead atoms. The summed E-state index contributed by atoms with van der Waals surface area (Å²) in [6.07, 6.45) is 0. The summed E-state index contributed by atoms with van der Waals surface area (Å²) >= 11 is 0. The van der Waals surface area contributed by atoms with E-state index in [1.165, 1.54) is 12.1 Å². The Labute approximate surface area is 122 Å². The molecule has 2 aliphatic rings. The van der Waals surface area contributed by atoms with Crippen LogP contribution in [0.4, 0.5) is 0 Å². The van der Waals surface area contributed by atoms with Gasteiger partial charge in [0.15, 0.2) is 0 Å². The smallest absolute Gasteiger partial charge is 0.265 e. The number of rotatable bonds is 2. The van der Waals surface area contributed by atoms with Gasteiger partial charge >= 0.3 is 0 Å². The Morgan fingerprint density at radius 2 is 1.95 bits per heavy atom. The van der Waals surface area contributed by atoms with Crippen LogP contribution in [0.2, 0.25) is 0 Å². The zero-order valence-corrected chi connectivity index (χ0v) is 12.0. The van der Waals surface area contributed by atoms with Crippen molar-refractivity contribution in [2.24, 2.45) is 5.73 Å². The van der Waals surface area contributed by atoms with Crippen molar-refractivity contribution in [2.45, 2.75) is 4.90 Å². The Kier molecular flexibility index (Phi) is 3.14. The lowest BCUT2D eigenvalue weighted by Gasteiger charge is -2.40. The monoisotopic (exact) mass is 309 g/mol. The van der Waals surface area contributed by atoms with E-state index in [1.807, 2.05) is 0 Å². The van der Waals surface area contributed by atoms with Crippen molar-refractivity contribution >= 4 is 15.8 Å². The highest BCUT2D eigenvalue weighted by Crippen LogP contribution is 2.34. The van der Waals surface area contributed by atoms with Gasteiger partial charge < -0.3 is 15.7 Å². The first-order valence-electron chi connectivity index (χ1n) is 6.50. The molecule has 0 spiro atoms. The summed E-state index contributed by atoms with van der Waals surface area (Å²) in [6.45, 7) is 0.618. The first-order valence-corrected chi connectivity index (χ1v) is 7.94. The number of Topliss-reactive ketones (excluding diaryl/α,β-unsaturated/α-hetero) is 1. The van der Waals surface area contributed by atoms with Crippen LogP contribution in [0.15, 0.2) is 40.7 Å². The van der Waals surface area contributed by atoms with E-state index in [0.717, 1.165) is 4.31 Å². The number of aliphatic hydroxyl groups is 1. The molecule has 8 heteroatoms. The molecule has 1 aromatic carbocycles. The fourth-order valence-corrected chi connectivity index (χ4v) is 4.34. The summed E-state index contributed by atoms with van der Waals surface area (Å²) in [5, 5.41) is 9.02. The van der Waals surface area contributed by atoms with Crippen molar-refractivity contribution in [1.29, 1.82) is 0 Å². The fourth-order valence-electron chi connectivity index (χ4n) is 2.67. The second-order valence-electron chi connectivity index (χ2n) is 4.85. The van der Waals surface area contributed by atoms with E-state index in [9.17, 15) is 13.2 Å². The number of carbonyl (C=O) groups is 1. The number of aliphatic hydroxyl groups excluding tert-OH is 1. The summed E-state index contributed by atoms with van der Waals surface area (Å²) in [5.74, 6) is -0.307. The van der Waals surface area contributed by atoms with Crippen molar-refractivity contribution in [3.63, 3.8) is 0 Å². The van der Waals surface area contributed by atoms with Gasteiger partial charge in [-0.25, -0.2) is 8.42 Å². The number of allylic oxidation sites excluding steroid dienone is 1. The van der Waals surface area contributed by atoms with Crippen LogP contribution in [-0.4, -0.2) is 54.8 Å². The van der Waals surface area contributed by atoms with Crippen molar-refractivity contribution < 1.29 is 18.3 Å². The number of benzene rings is 1. The molecule has 0 aromatic heterocycles. The lowest BCUT2D eigenvalue weighted by molar-refractivity contribution is 0.0976. The number of β-amino-alcohol motifs (C(OH)–C–C–N with tert-alkyl or cyclic N) is 1. The lowest BCUT2D eigenvalue weighted by atomic mass is 10.1.